The number of hydrogen-bond acceptors (Lipinski definition) is 3. The summed E-state index contributed by atoms with van der Waals surface area (Å²) in [6.07, 6.45) is 0. The fourth-order valence-electron chi connectivity index (χ4n) is 1.50. The highest BCUT2D eigenvalue weighted by atomic mass is 16.5. The number of nitrogens with two attached hydrogens (primary N) is 1. The molecular formula is C9H15N3O. The first kappa shape index (κ1) is 8.72. The predicted molar refractivity (Wildman–Crippen MR) is 49.6 cm³/mol. The van der Waals surface area contributed by atoms with Crippen LogP contribution in [0.3, 0.4) is 0 Å². The van der Waals surface area contributed by atoms with Crippen molar-refractivity contribution in [2.45, 2.75) is 19.3 Å². The van der Waals surface area contributed by atoms with Crippen molar-refractivity contribution in [2.75, 3.05) is 19.8 Å². The second-order valence-corrected chi connectivity index (χ2v) is 3.77. The van der Waals surface area contributed by atoms with Crippen molar-refractivity contribution in [1.82, 2.24) is 9.97 Å². The third kappa shape index (κ3) is 1.17. The molecule has 0 aliphatic carbocycles. The van der Waals surface area contributed by atoms with E-state index in [4.69, 9.17) is 10.5 Å². The first-order valence-corrected chi connectivity index (χ1v) is 4.49. The SMILES string of the molecule is Cc1nc(C2(CN)COC2)[nH]c1C. The molecule has 0 radical (unpaired) electrons. The van der Waals surface area contributed by atoms with Crippen LogP contribution in [-0.2, 0) is 10.2 Å². The Bertz CT molecular complexity index is 290. The van der Waals surface area contributed by atoms with E-state index >= 15 is 0 Å². The monoisotopic (exact) mass is 181 g/mol. The summed E-state index contributed by atoms with van der Waals surface area (Å²) in [5, 5.41) is 0. The van der Waals surface area contributed by atoms with Crippen LogP contribution in [-0.4, -0.2) is 29.7 Å². The molecular weight excluding hydrogens is 166 g/mol. The van der Waals surface area contributed by atoms with Gasteiger partial charge in [-0.15, -0.1) is 0 Å². The summed E-state index contributed by atoms with van der Waals surface area (Å²) in [5.74, 6) is 0.983. The van der Waals surface area contributed by atoms with Crippen LogP contribution in [0.5, 0.6) is 0 Å². The van der Waals surface area contributed by atoms with Crippen LogP contribution in [0.15, 0.2) is 0 Å². The zero-order chi connectivity index (χ0) is 9.47. The van der Waals surface area contributed by atoms with E-state index in [1.54, 1.807) is 0 Å². The quantitative estimate of drug-likeness (QED) is 0.687. The van der Waals surface area contributed by atoms with Gasteiger partial charge >= 0.3 is 0 Å². The summed E-state index contributed by atoms with van der Waals surface area (Å²) in [5.41, 5.74) is 7.85. The Morgan fingerprint density at radius 3 is 2.54 bits per heavy atom. The van der Waals surface area contributed by atoms with Gasteiger partial charge in [0.25, 0.3) is 0 Å². The van der Waals surface area contributed by atoms with Crippen molar-refractivity contribution in [3.8, 4) is 0 Å². The molecule has 1 aromatic heterocycles. The number of ether oxygens (including phenoxy) is 1. The van der Waals surface area contributed by atoms with Crippen molar-refractivity contribution in [1.29, 1.82) is 0 Å². The first-order chi connectivity index (χ1) is 6.18. The summed E-state index contributed by atoms with van der Waals surface area (Å²) in [7, 11) is 0. The molecule has 1 aliphatic rings. The van der Waals surface area contributed by atoms with E-state index < -0.39 is 0 Å². The zero-order valence-corrected chi connectivity index (χ0v) is 8.05. The minimum atomic E-state index is -0.0426. The van der Waals surface area contributed by atoms with Gasteiger partial charge in [-0.05, 0) is 13.8 Å². The fraction of sp³-hybridized carbons (Fsp3) is 0.667. The van der Waals surface area contributed by atoms with Crippen LogP contribution in [0.4, 0.5) is 0 Å². The molecule has 3 N–H and O–H groups in total. The van der Waals surface area contributed by atoms with Crippen molar-refractivity contribution in [3.05, 3.63) is 17.2 Å². The standard InChI is InChI=1S/C9H15N3O/c1-6-7(2)12-8(11-6)9(3-10)4-13-5-9/h3-5,10H2,1-2H3,(H,11,12). The van der Waals surface area contributed by atoms with Gasteiger partial charge in [-0.1, -0.05) is 0 Å². The number of nitrogens with zero attached hydrogens (tertiary/aromatic N) is 1. The molecule has 0 saturated carbocycles. The lowest BCUT2D eigenvalue weighted by molar-refractivity contribution is -0.0590. The second kappa shape index (κ2) is 2.82. The van der Waals surface area contributed by atoms with Gasteiger partial charge in [-0.25, -0.2) is 4.98 Å². The molecule has 0 bridgehead atoms. The Morgan fingerprint density at radius 1 is 1.54 bits per heavy atom. The summed E-state index contributed by atoms with van der Waals surface area (Å²) in [6, 6.07) is 0. The molecule has 0 aromatic carbocycles. The molecule has 1 fully saturated rings. The minimum Gasteiger partial charge on any atom is -0.379 e. The highest BCUT2D eigenvalue weighted by molar-refractivity contribution is 5.20. The van der Waals surface area contributed by atoms with Gasteiger partial charge in [0.05, 0.1) is 24.3 Å². The number of H-pyrrole nitrogens is 1. The smallest absolute Gasteiger partial charge is 0.118 e. The summed E-state index contributed by atoms with van der Waals surface area (Å²) >= 11 is 0. The molecule has 2 heterocycles. The van der Waals surface area contributed by atoms with E-state index in [9.17, 15) is 0 Å². The lowest BCUT2D eigenvalue weighted by atomic mass is 9.85. The predicted octanol–water partition coefficient (Wildman–Crippen LogP) is 0.253. The Hall–Kier alpha value is -0.870. The number of rotatable bonds is 2. The van der Waals surface area contributed by atoms with Crippen molar-refractivity contribution < 1.29 is 4.74 Å². The van der Waals surface area contributed by atoms with Gasteiger partial charge < -0.3 is 15.5 Å². The summed E-state index contributed by atoms with van der Waals surface area (Å²) in [6.45, 7) is 6.00. The van der Waals surface area contributed by atoms with E-state index in [1.807, 2.05) is 13.8 Å². The van der Waals surface area contributed by atoms with Gasteiger partial charge in [0.15, 0.2) is 0 Å². The van der Waals surface area contributed by atoms with Crippen LogP contribution < -0.4 is 5.73 Å². The summed E-state index contributed by atoms with van der Waals surface area (Å²) < 4.78 is 5.19. The normalized spacial score (nSPS) is 19.9. The maximum atomic E-state index is 5.72. The highest BCUT2D eigenvalue weighted by Gasteiger charge is 2.41. The average molecular weight is 181 g/mol. The van der Waals surface area contributed by atoms with Crippen molar-refractivity contribution in [3.63, 3.8) is 0 Å². The van der Waals surface area contributed by atoms with E-state index in [1.165, 1.54) is 0 Å². The number of aromatic nitrogens is 2. The molecule has 4 nitrogen and oxygen atoms in total. The number of aryl methyl sites for hydroxylation is 2. The van der Waals surface area contributed by atoms with E-state index in [-0.39, 0.29) is 5.41 Å². The molecule has 1 aromatic rings. The Balaban J connectivity index is 2.33. The van der Waals surface area contributed by atoms with Crippen LogP contribution >= 0.6 is 0 Å². The lowest BCUT2D eigenvalue weighted by Crippen LogP contribution is -2.53. The van der Waals surface area contributed by atoms with Crippen molar-refractivity contribution in [2.24, 2.45) is 5.73 Å². The molecule has 4 heteroatoms. The molecule has 72 valence electrons. The topological polar surface area (TPSA) is 63.9 Å². The van der Waals surface area contributed by atoms with Gasteiger partial charge in [0.1, 0.15) is 5.82 Å². The minimum absolute atomic E-state index is 0.0426. The molecule has 1 aliphatic heterocycles. The Kier molecular flexibility index (Phi) is 1.89. The molecule has 13 heavy (non-hydrogen) atoms. The Morgan fingerprint density at radius 2 is 2.23 bits per heavy atom. The molecule has 2 rings (SSSR count). The van der Waals surface area contributed by atoms with Crippen LogP contribution in [0.25, 0.3) is 0 Å². The largest absolute Gasteiger partial charge is 0.379 e. The zero-order valence-electron chi connectivity index (χ0n) is 8.05. The number of aromatic amines is 1. The van der Waals surface area contributed by atoms with E-state index in [2.05, 4.69) is 9.97 Å². The third-order valence-electron chi connectivity index (χ3n) is 2.78. The average Bonchev–Trinajstić information content (AvgIpc) is 2.31. The maximum absolute atomic E-state index is 5.72. The molecule has 0 unspecified atom stereocenters. The molecule has 1 saturated heterocycles. The van der Waals surface area contributed by atoms with Gasteiger partial charge in [-0.2, -0.15) is 0 Å². The fourth-order valence-corrected chi connectivity index (χ4v) is 1.50. The number of nitrogens with one attached hydrogen (secondary N) is 1. The maximum Gasteiger partial charge on any atom is 0.118 e. The number of hydrogen-bond donors (Lipinski definition) is 2. The van der Waals surface area contributed by atoms with Crippen LogP contribution in [0.2, 0.25) is 0 Å². The van der Waals surface area contributed by atoms with Crippen LogP contribution in [0.1, 0.15) is 17.2 Å². The molecule has 0 atom stereocenters. The van der Waals surface area contributed by atoms with Gasteiger partial charge in [0, 0.05) is 12.2 Å². The van der Waals surface area contributed by atoms with Crippen LogP contribution in [0, 0.1) is 13.8 Å². The van der Waals surface area contributed by atoms with E-state index in [0.717, 1.165) is 17.2 Å². The van der Waals surface area contributed by atoms with E-state index in [0.29, 0.717) is 19.8 Å². The van der Waals surface area contributed by atoms with Gasteiger partial charge in [0.2, 0.25) is 0 Å². The highest BCUT2D eigenvalue weighted by Crippen LogP contribution is 2.29. The summed E-state index contributed by atoms with van der Waals surface area (Å²) in [4.78, 5) is 7.73. The third-order valence-corrected chi connectivity index (χ3v) is 2.78. The first-order valence-electron chi connectivity index (χ1n) is 4.49. The lowest BCUT2D eigenvalue weighted by Gasteiger charge is -2.38. The second-order valence-electron chi connectivity index (χ2n) is 3.77. The Labute approximate surface area is 77.5 Å². The van der Waals surface area contributed by atoms with Crippen molar-refractivity contribution >= 4 is 0 Å². The number of imidazole rings is 1. The molecule has 0 spiro atoms. The van der Waals surface area contributed by atoms with Gasteiger partial charge in [-0.3, -0.25) is 0 Å². The molecule has 0 amide bonds.